The van der Waals surface area contributed by atoms with Crippen LogP contribution < -0.4 is 10.5 Å². The molecule has 2 N–H and O–H groups in total. The zero-order valence-electron chi connectivity index (χ0n) is 7.59. The fraction of sp³-hybridized carbons (Fsp3) is 0.400. The summed E-state index contributed by atoms with van der Waals surface area (Å²) in [6, 6.07) is 4.04. The van der Waals surface area contributed by atoms with Crippen LogP contribution in [-0.4, -0.2) is 12.1 Å². The van der Waals surface area contributed by atoms with E-state index in [9.17, 15) is 4.39 Å². The summed E-state index contributed by atoms with van der Waals surface area (Å²) in [5, 5.41) is 0.413. The summed E-state index contributed by atoms with van der Waals surface area (Å²) in [6.45, 7) is 0.399. The van der Waals surface area contributed by atoms with Crippen LogP contribution in [0.1, 0.15) is 12.8 Å². The van der Waals surface area contributed by atoms with Crippen molar-refractivity contribution < 1.29 is 9.13 Å². The highest BCUT2D eigenvalue weighted by Crippen LogP contribution is 2.34. The maximum atomic E-state index is 12.8. The van der Waals surface area contributed by atoms with E-state index >= 15 is 0 Å². The van der Waals surface area contributed by atoms with Gasteiger partial charge in [-0.05, 0) is 25.0 Å². The second-order valence-corrected chi connectivity index (χ2v) is 4.13. The molecule has 76 valence electrons. The first-order chi connectivity index (χ1) is 6.59. The Kier molecular flexibility index (Phi) is 2.37. The van der Waals surface area contributed by atoms with E-state index in [1.165, 1.54) is 18.2 Å². The highest BCUT2D eigenvalue weighted by Gasteiger charge is 2.39. The Morgan fingerprint density at radius 3 is 2.86 bits per heavy atom. The van der Waals surface area contributed by atoms with E-state index in [1.807, 2.05) is 0 Å². The highest BCUT2D eigenvalue weighted by atomic mass is 35.5. The predicted octanol–water partition coefficient (Wildman–Crippen LogP) is 2.35. The third-order valence-electron chi connectivity index (χ3n) is 2.30. The summed E-state index contributed by atoms with van der Waals surface area (Å²) < 4.78 is 18.2. The molecular formula is C10H11ClFNO. The average molecular weight is 216 g/mol. The molecule has 14 heavy (non-hydrogen) atoms. The van der Waals surface area contributed by atoms with Crippen LogP contribution in [0.3, 0.4) is 0 Å². The second-order valence-electron chi connectivity index (χ2n) is 3.73. The van der Waals surface area contributed by atoms with E-state index < -0.39 is 0 Å². The minimum absolute atomic E-state index is 0.213. The Morgan fingerprint density at radius 2 is 2.21 bits per heavy atom. The molecule has 1 aliphatic carbocycles. The Morgan fingerprint density at radius 1 is 1.50 bits per heavy atom. The predicted molar refractivity (Wildman–Crippen MR) is 53.1 cm³/mol. The summed E-state index contributed by atoms with van der Waals surface area (Å²) in [6.07, 6.45) is 1.92. The van der Waals surface area contributed by atoms with Crippen LogP contribution in [0.5, 0.6) is 5.75 Å². The fourth-order valence-electron chi connectivity index (χ4n) is 1.11. The van der Waals surface area contributed by atoms with Crippen molar-refractivity contribution >= 4 is 11.6 Å². The molecule has 0 unspecified atom stereocenters. The normalized spacial score (nSPS) is 17.9. The molecule has 0 bridgehead atoms. The van der Waals surface area contributed by atoms with Crippen molar-refractivity contribution in [3.63, 3.8) is 0 Å². The summed E-state index contributed by atoms with van der Waals surface area (Å²) in [5.74, 6) is 0.00894. The van der Waals surface area contributed by atoms with E-state index in [1.54, 1.807) is 0 Å². The molecule has 0 spiro atoms. The minimum atomic E-state index is -0.355. The van der Waals surface area contributed by atoms with Crippen LogP contribution in [-0.2, 0) is 0 Å². The third kappa shape index (κ3) is 2.16. The van der Waals surface area contributed by atoms with Gasteiger partial charge in [0.2, 0.25) is 0 Å². The van der Waals surface area contributed by atoms with Crippen molar-refractivity contribution in [3.8, 4) is 5.75 Å². The first-order valence-electron chi connectivity index (χ1n) is 4.46. The highest BCUT2D eigenvalue weighted by molar-refractivity contribution is 6.32. The molecule has 0 radical (unpaired) electrons. The van der Waals surface area contributed by atoms with Crippen molar-refractivity contribution in [2.24, 2.45) is 5.73 Å². The van der Waals surface area contributed by atoms with Crippen LogP contribution in [0.2, 0.25) is 5.02 Å². The number of ether oxygens (including phenoxy) is 1. The van der Waals surface area contributed by atoms with Crippen molar-refractivity contribution in [2.75, 3.05) is 6.61 Å². The van der Waals surface area contributed by atoms with Gasteiger partial charge in [0.05, 0.1) is 10.6 Å². The Labute approximate surface area is 86.8 Å². The molecule has 0 heterocycles. The van der Waals surface area contributed by atoms with Gasteiger partial charge >= 0.3 is 0 Å². The lowest BCUT2D eigenvalue weighted by Gasteiger charge is -2.12. The van der Waals surface area contributed by atoms with Gasteiger partial charge in [-0.3, -0.25) is 0 Å². The van der Waals surface area contributed by atoms with Gasteiger partial charge < -0.3 is 10.5 Å². The van der Waals surface area contributed by atoms with E-state index in [2.05, 4.69) is 0 Å². The number of rotatable bonds is 3. The standard InChI is InChI=1S/C10H11ClFNO/c11-8-2-1-7(12)5-9(8)14-6-10(13)3-4-10/h1-2,5H,3-4,6,13H2. The van der Waals surface area contributed by atoms with Crippen molar-refractivity contribution in [2.45, 2.75) is 18.4 Å². The molecule has 1 aliphatic rings. The van der Waals surface area contributed by atoms with Gasteiger partial charge in [0.1, 0.15) is 18.2 Å². The quantitative estimate of drug-likeness (QED) is 0.840. The summed E-state index contributed by atoms with van der Waals surface area (Å²) in [5.41, 5.74) is 5.61. The molecule has 0 aliphatic heterocycles. The Balaban J connectivity index is 2.04. The van der Waals surface area contributed by atoms with Crippen LogP contribution in [0.25, 0.3) is 0 Å². The first kappa shape index (κ1) is 9.74. The topological polar surface area (TPSA) is 35.2 Å². The molecule has 0 amide bonds. The second kappa shape index (κ2) is 3.41. The lowest BCUT2D eigenvalue weighted by atomic mass is 10.3. The maximum Gasteiger partial charge on any atom is 0.140 e. The molecule has 1 saturated carbocycles. The Bertz CT molecular complexity index is 352. The van der Waals surface area contributed by atoms with Gasteiger partial charge in [0, 0.05) is 6.07 Å². The summed E-state index contributed by atoms with van der Waals surface area (Å²) in [4.78, 5) is 0. The molecule has 1 aromatic rings. The van der Waals surface area contributed by atoms with Crippen LogP contribution in [0, 0.1) is 5.82 Å². The maximum absolute atomic E-state index is 12.8. The van der Waals surface area contributed by atoms with Crippen molar-refractivity contribution in [3.05, 3.63) is 29.0 Å². The number of halogens is 2. The summed E-state index contributed by atoms with van der Waals surface area (Å²) >= 11 is 5.81. The van der Waals surface area contributed by atoms with Gasteiger partial charge in [-0.1, -0.05) is 11.6 Å². The molecule has 4 heteroatoms. The Hall–Kier alpha value is -0.800. The van der Waals surface area contributed by atoms with Gasteiger partial charge in [-0.15, -0.1) is 0 Å². The average Bonchev–Trinajstić information content (AvgIpc) is 2.87. The van der Waals surface area contributed by atoms with Gasteiger partial charge in [-0.2, -0.15) is 0 Å². The largest absolute Gasteiger partial charge is 0.490 e. The van der Waals surface area contributed by atoms with E-state index in [0.29, 0.717) is 17.4 Å². The smallest absolute Gasteiger partial charge is 0.140 e. The first-order valence-corrected chi connectivity index (χ1v) is 4.84. The molecular weight excluding hydrogens is 205 g/mol. The number of benzene rings is 1. The van der Waals surface area contributed by atoms with Crippen molar-refractivity contribution in [1.29, 1.82) is 0 Å². The van der Waals surface area contributed by atoms with E-state index in [-0.39, 0.29) is 11.4 Å². The van der Waals surface area contributed by atoms with Gasteiger partial charge in [0.25, 0.3) is 0 Å². The SMILES string of the molecule is NC1(COc2cc(F)ccc2Cl)CC1. The lowest BCUT2D eigenvalue weighted by Crippen LogP contribution is -2.29. The van der Waals surface area contributed by atoms with Crippen molar-refractivity contribution in [1.82, 2.24) is 0 Å². The lowest BCUT2D eigenvalue weighted by molar-refractivity contribution is 0.278. The molecule has 0 atom stereocenters. The monoisotopic (exact) mass is 215 g/mol. The molecule has 1 aromatic carbocycles. The number of nitrogens with two attached hydrogens (primary N) is 1. The number of hydrogen-bond acceptors (Lipinski definition) is 2. The fourth-order valence-corrected chi connectivity index (χ4v) is 1.29. The van der Waals surface area contributed by atoms with Crippen LogP contribution in [0.15, 0.2) is 18.2 Å². The van der Waals surface area contributed by atoms with Crippen LogP contribution >= 0.6 is 11.6 Å². The number of hydrogen-bond donors (Lipinski definition) is 1. The summed E-state index contributed by atoms with van der Waals surface area (Å²) in [7, 11) is 0. The molecule has 2 nitrogen and oxygen atoms in total. The molecule has 2 rings (SSSR count). The van der Waals surface area contributed by atoms with Gasteiger partial charge in [-0.25, -0.2) is 4.39 Å². The minimum Gasteiger partial charge on any atom is -0.490 e. The molecule has 0 saturated heterocycles. The molecule has 0 aromatic heterocycles. The van der Waals surface area contributed by atoms with E-state index in [4.69, 9.17) is 22.1 Å². The zero-order chi connectivity index (χ0) is 10.2. The zero-order valence-corrected chi connectivity index (χ0v) is 8.35. The van der Waals surface area contributed by atoms with E-state index in [0.717, 1.165) is 12.8 Å². The third-order valence-corrected chi connectivity index (χ3v) is 2.61. The molecule has 1 fully saturated rings. The van der Waals surface area contributed by atoms with Gasteiger partial charge in [0.15, 0.2) is 0 Å². The van der Waals surface area contributed by atoms with Crippen LogP contribution in [0.4, 0.5) is 4.39 Å².